The first-order chi connectivity index (χ1) is 15.9. The number of nitrogens with zero attached hydrogens (tertiary/aromatic N) is 1. The number of rotatable bonds is 8. The van der Waals surface area contributed by atoms with Crippen LogP contribution >= 0.6 is 23.2 Å². The van der Waals surface area contributed by atoms with E-state index in [0.29, 0.717) is 42.8 Å². The Hall–Kier alpha value is -3.01. The first-order valence-corrected chi connectivity index (χ1v) is 10.7. The average Bonchev–Trinajstić information content (AvgIpc) is 2.83. The number of anilines is 1. The Labute approximate surface area is 200 Å². The lowest BCUT2D eigenvalue weighted by atomic mass is 10.2. The number of amides is 2. The van der Waals surface area contributed by atoms with Crippen molar-refractivity contribution in [3.63, 3.8) is 0 Å². The second kappa shape index (κ2) is 11.7. The molecule has 1 N–H and O–H groups in total. The number of benzene rings is 2. The van der Waals surface area contributed by atoms with Gasteiger partial charge in [-0.1, -0.05) is 23.2 Å². The fourth-order valence-electron chi connectivity index (χ4n) is 2.95. The summed E-state index contributed by atoms with van der Waals surface area (Å²) < 4.78 is 21.1. The number of ether oxygens (including phenoxy) is 4. The highest BCUT2D eigenvalue weighted by Gasteiger charge is 2.19. The van der Waals surface area contributed by atoms with Crippen molar-refractivity contribution in [1.82, 2.24) is 4.90 Å². The summed E-state index contributed by atoms with van der Waals surface area (Å²) in [5, 5.41) is 3.22. The molecule has 0 spiro atoms. The first kappa shape index (κ1) is 24.6. The largest absolute Gasteiger partial charge is 0.493 e. The lowest BCUT2D eigenvalue weighted by Gasteiger charge is -2.26. The van der Waals surface area contributed by atoms with Crippen LogP contribution in [-0.2, 0) is 19.1 Å². The van der Waals surface area contributed by atoms with E-state index in [1.54, 1.807) is 11.0 Å². The van der Waals surface area contributed by atoms with Gasteiger partial charge in [-0.25, -0.2) is 4.79 Å². The molecule has 1 heterocycles. The number of methoxy groups -OCH3 is 1. The van der Waals surface area contributed by atoms with Crippen LogP contribution in [0.25, 0.3) is 0 Å². The summed E-state index contributed by atoms with van der Waals surface area (Å²) in [5.41, 5.74) is 0.493. The number of carbonyl (C=O) groups is 3. The molecule has 1 aliphatic heterocycles. The van der Waals surface area contributed by atoms with E-state index in [1.165, 1.54) is 37.4 Å². The van der Waals surface area contributed by atoms with E-state index in [9.17, 15) is 14.4 Å². The van der Waals surface area contributed by atoms with Crippen LogP contribution in [0.4, 0.5) is 5.69 Å². The van der Waals surface area contributed by atoms with Gasteiger partial charge in [0.1, 0.15) is 0 Å². The Morgan fingerprint density at radius 1 is 1.03 bits per heavy atom. The van der Waals surface area contributed by atoms with Crippen molar-refractivity contribution < 1.29 is 33.3 Å². The van der Waals surface area contributed by atoms with Gasteiger partial charge in [0.25, 0.3) is 11.8 Å². The summed E-state index contributed by atoms with van der Waals surface area (Å²) in [6, 6.07) is 8.94. The van der Waals surface area contributed by atoms with Crippen molar-refractivity contribution >= 4 is 46.7 Å². The number of morpholine rings is 1. The van der Waals surface area contributed by atoms with Crippen LogP contribution in [0.2, 0.25) is 10.0 Å². The third-order valence-corrected chi connectivity index (χ3v) is 5.20. The molecule has 0 bridgehead atoms. The van der Waals surface area contributed by atoms with E-state index in [0.717, 1.165) is 0 Å². The van der Waals surface area contributed by atoms with E-state index < -0.39 is 18.5 Å². The maximum Gasteiger partial charge on any atom is 0.338 e. The quantitative estimate of drug-likeness (QED) is 0.560. The van der Waals surface area contributed by atoms with Gasteiger partial charge in [-0.3, -0.25) is 9.59 Å². The Morgan fingerprint density at radius 3 is 2.48 bits per heavy atom. The second-order valence-electron chi connectivity index (χ2n) is 6.90. The van der Waals surface area contributed by atoms with Crippen molar-refractivity contribution in [2.75, 3.05) is 51.9 Å². The molecule has 0 radical (unpaired) electrons. The van der Waals surface area contributed by atoms with Crippen molar-refractivity contribution in [1.29, 1.82) is 0 Å². The number of halogens is 2. The third kappa shape index (κ3) is 6.98. The zero-order valence-corrected chi connectivity index (χ0v) is 19.3. The highest BCUT2D eigenvalue weighted by Crippen LogP contribution is 2.29. The second-order valence-corrected chi connectivity index (χ2v) is 7.74. The SMILES string of the molecule is COc1cc(C(=O)OCC(=O)Nc2ccc(Cl)cc2Cl)ccc1OCC(=O)N1CCOCC1. The lowest BCUT2D eigenvalue weighted by molar-refractivity contribution is -0.137. The van der Waals surface area contributed by atoms with Gasteiger partial charge in [0.05, 0.1) is 36.6 Å². The van der Waals surface area contributed by atoms with E-state index in [1.807, 2.05) is 0 Å². The van der Waals surface area contributed by atoms with E-state index >= 15 is 0 Å². The summed E-state index contributed by atoms with van der Waals surface area (Å²) in [4.78, 5) is 38.3. The molecular formula is C22H22Cl2N2O7. The van der Waals surface area contributed by atoms with Gasteiger partial charge in [-0.15, -0.1) is 0 Å². The normalized spacial score (nSPS) is 13.2. The summed E-state index contributed by atoms with van der Waals surface area (Å²) in [5.74, 6) is -0.930. The van der Waals surface area contributed by atoms with Crippen molar-refractivity contribution in [2.45, 2.75) is 0 Å². The van der Waals surface area contributed by atoms with Crippen LogP contribution in [0.5, 0.6) is 11.5 Å². The fourth-order valence-corrected chi connectivity index (χ4v) is 3.40. The minimum absolute atomic E-state index is 0.149. The molecule has 9 nitrogen and oxygen atoms in total. The molecular weight excluding hydrogens is 475 g/mol. The Morgan fingerprint density at radius 2 is 1.79 bits per heavy atom. The number of hydrogen-bond acceptors (Lipinski definition) is 7. The van der Waals surface area contributed by atoms with E-state index in [4.69, 9.17) is 42.1 Å². The average molecular weight is 497 g/mol. The zero-order valence-electron chi connectivity index (χ0n) is 17.8. The molecule has 0 saturated carbocycles. The molecule has 11 heteroatoms. The highest BCUT2D eigenvalue weighted by atomic mass is 35.5. The predicted molar refractivity (Wildman–Crippen MR) is 121 cm³/mol. The smallest absolute Gasteiger partial charge is 0.338 e. The monoisotopic (exact) mass is 496 g/mol. The molecule has 0 aromatic heterocycles. The van der Waals surface area contributed by atoms with Gasteiger partial charge in [0.15, 0.2) is 24.7 Å². The Bertz CT molecular complexity index is 1030. The maximum absolute atomic E-state index is 12.4. The van der Waals surface area contributed by atoms with Crippen LogP contribution in [0, 0.1) is 0 Å². The molecule has 3 rings (SSSR count). The molecule has 176 valence electrons. The summed E-state index contributed by atoms with van der Waals surface area (Å²) in [6.45, 7) is 1.33. The number of hydrogen-bond donors (Lipinski definition) is 1. The molecule has 1 saturated heterocycles. The fraction of sp³-hybridized carbons (Fsp3) is 0.318. The Kier molecular flexibility index (Phi) is 8.76. The van der Waals surface area contributed by atoms with Gasteiger partial charge in [0, 0.05) is 18.1 Å². The van der Waals surface area contributed by atoms with Gasteiger partial charge < -0.3 is 29.2 Å². The van der Waals surface area contributed by atoms with Crippen LogP contribution in [0.3, 0.4) is 0 Å². The van der Waals surface area contributed by atoms with Gasteiger partial charge in [-0.05, 0) is 36.4 Å². The maximum atomic E-state index is 12.4. The van der Waals surface area contributed by atoms with Crippen LogP contribution in [-0.4, -0.2) is 69.3 Å². The first-order valence-electron chi connectivity index (χ1n) is 9.95. The third-order valence-electron chi connectivity index (χ3n) is 4.65. The van der Waals surface area contributed by atoms with Crippen LogP contribution in [0.15, 0.2) is 36.4 Å². The Balaban J connectivity index is 1.53. The lowest BCUT2D eigenvalue weighted by Crippen LogP contribution is -2.43. The van der Waals surface area contributed by atoms with Crippen molar-refractivity contribution in [2.24, 2.45) is 0 Å². The molecule has 0 atom stereocenters. The molecule has 1 fully saturated rings. The molecule has 2 amide bonds. The molecule has 33 heavy (non-hydrogen) atoms. The minimum Gasteiger partial charge on any atom is -0.493 e. The van der Waals surface area contributed by atoms with Crippen LogP contribution < -0.4 is 14.8 Å². The van der Waals surface area contributed by atoms with E-state index in [2.05, 4.69) is 5.32 Å². The molecule has 1 aliphatic rings. The van der Waals surface area contributed by atoms with Crippen molar-refractivity contribution in [3.05, 3.63) is 52.0 Å². The summed E-state index contributed by atoms with van der Waals surface area (Å²) in [6.07, 6.45) is 0. The molecule has 0 aliphatic carbocycles. The standard InChI is InChI=1S/C22H22Cl2N2O7/c1-30-19-10-14(2-5-18(19)32-13-21(28)26-6-8-31-9-7-26)22(29)33-12-20(27)25-17-4-3-15(23)11-16(17)24/h2-5,10-11H,6-9,12-13H2,1H3,(H,25,27). The van der Waals surface area contributed by atoms with E-state index in [-0.39, 0.29) is 28.8 Å². The summed E-state index contributed by atoms with van der Waals surface area (Å²) in [7, 11) is 1.41. The number of nitrogens with one attached hydrogen (secondary N) is 1. The number of carbonyl (C=O) groups excluding carboxylic acids is 3. The molecule has 0 unspecified atom stereocenters. The molecule has 2 aromatic carbocycles. The van der Waals surface area contributed by atoms with Crippen molar-refractivity contribution in [3.8, 4) is 11.5 Å². The highest BCUT2D eigenvalue weighted by molar-refractivity contribution is 6.36. The molecule has 2 aromatic rings. The summed E-state index contributed by atoms with van der Waals surface area (Å²) >= 11 is 11.8. The zero-order chi connectivity index (χ0) is 23.8. The van der Waals surface area contributed by atoms with Gasteiger partial charge >= 0.3 is 5.97 Å². The van der Waals surface area contributed by atoms with Gasteiger partial charge in [-0.2, -0.15) is 0 Å². The predicted octanol–water partition coefficient (Wildman–Crippen LogP) is 3.04. The van der Waals surface area contributed by atoms with Gasteiger partial charge in [0.2, 0.25) is 0 Å². The minimum atomic E-state index is -0.735. The topological polar surface area (TPSA) is 103 Å². The van der Waals surface area contributed by atoms with Crippen LogP contribution in [0.1, 0.15) is 10.4 Å². The number of esters is 1.